The van der Waals surface area contributed by atoms with Crippen LogP contribution in [0.1, 0.15) is 27.7 Å². The highest BCUT2D eigenvalue weighted by Crippen LogP contribution is 2.26. The molecule has 0 spiro atoms. The first kappa shape index (κ1) is 27.2. The summed E-state index contributed by atoms with van der Waals surface area (Å²) >= 11 is 0. The summed E-state index contributed by atoms with van der Waals surface area (Å²) in [7, 11) is 0. The third-order valence-corrected chi connectivity index (χ3v) is 4.10. The van der Waals surface area contributed by atoms with Gasteiger partial charge in [-0.1, -0.05) is 24.3 Å². The molecule has 0 heterocycles. The number of amidine groups is 2. The minimum absolute atomic E-state index is 0. The second-order valence-electron chi connectivity index (χ2n) is 7.35. The van der Waals surface area contributed by atoms with E-state index in [-0.39, 0.29) is 48.0 Å². The molecule has 2 rings (SSSR count). The molecule has 6 N–H and O–H groups in total. The molecule has 0 radical (unpaired) electrons. The summed E-state index contributed by atoms with van der Waals surface area (Å²) in [5, 5.41) is 50.4. The van der Waals surface area contributed by atoms with Crippen LogP contribution in [0.15, 0.2) is 58.8 Å². The molecule has 0 unspecified atom stereocenters. The Balaban J connectivity index is 0.00000420. The first-order chi connectivity index (χ1) is 13.0. The number of para-hydroxylation sites is 4. The fourth-order valence-electron chi connectivity index (χ4n) is 2.08. The lowest BCUT2D eigenvalue weighted by molar-refractivity contribution is 0.477. The Bertz CT molecular complexity index is 842. The Labute approximate surface area is 188 Å². The summed E-state index contributed by atoms with van der Waals surface area (Å²) in [6.45, 7) is 6.84. The number of hydrogen-bond acceptors (Lipinski definition) is 6. The number of rotatable bonds is 6. The van der Waals surface area contributed by atoms with E-state index in [1.54, 1.807) is 64.1 Å². The van der Waals surface area contributed by atoms with Crippen LogP contribution in [0.3, 0.4) is 0 Å². The van der Waals surface area contributed by atoms with Crippen molar-refractivity contribution in [2.75, 3.05) is 10.6 Å². The SMILES string of the molecule is CC(C)(/N=N/C(C)(C)C(=N)Nc1ccccc1O)C(=N)Nc1ccccc1O.Cl.Cl. The molecule has 0 atom stereocenters. The molecule has 0 aliphatic carbocycles. The lowest BCUT2D eigenvalue weighted by atomic mass is 10.0. The van der Waals surface area contributed by atoms with Gasteiger partial charge >= 0.3 is 0 Å². The monoisotopic (exact) mass is 454 g/mol. The third-order valence-electron chi connectivity index (χ3n) is 4.10. The summed E-state index contributed by atoms with van der Waals surface area (Å²) in [5.41, 5.74) is -1.20. The Morgan fingerprint density at radius 2 is 1.00 bits per heavy atom. The predicted octanol–water partition coefficient (Wildman–Crippen LogP) is 5.43. The number of benzene rings is 2. The van der Waals surface area contributed by atoms with Crippen LogP contribution < -0.4 is 10.6 Å². The second-order valence-corrected chi connectivity index (χ2v) is 7.35. The van der Waals surface area contributed by atoms with Crippen molar-refractivity contribution in [3.8, 4) is 11.5 Å². The van der Waals surface area contributed by atoms with Crippen LogP contribution in [0.25, 0.3) is 0 Å². The van der Waals surface area contributed by atoms with Crippen molar-refractivity contribution >= 4 is 47.9 Å². The van der Waals surface area contributed by atoms with E-state index in [1.807, 2.05) is 0 Å². The van der Waals surface area contributed by atoms with E-state index in [2.05, 4.69) is 20.9 Å². The van der Waals surface area contributed by atoms with Crippen molar-refractivity contribution in [2.45, 2.75) is 38.8 Å². The predicted molar refractivity (Wildman–Crippen MR) is 126 cm³/mol. The maximum atomic E-state index is 9.85. The van der Waals surface area contributed by atoms with Crippen molar-refractivity contribution in [1.82, 2.24) is 0 Å². The molecular weight excluding hydrogens is 427 g/mol. The number of phenolic OH excluding ortho intramolecular Hbond substituents is 2. The largest absolute Gasteiger partial charge is 0.506 e. The zero-order valence-electron chi connectivity index (χ0n) is 17.2. The number of anilines is 2. The molecule has 0 fully saturated rings. The summed E-state index contributed by atoms with van der Waals surface area (Å²) in [5.74, 6) is 0.172. The van der Waals surface area contributed by atoms with Gasteiger partial charge in [0, 0.05) is 0 Å². The number of nitrogens with one attached hydrogen (secondary N) is 4. The fraction of sp³-hybridized carbons (Fsp3) is 0.300. The van der Waals surface area contributed by atoms with E-state index >= 15 is 0 Å². The number of phenols is 2. The molecule has 0 saturated carbocycles. The fourth-order valence-corrected chi connectivity index (χ4v) is 2.08. The van der Waals surface area contributed by atoms with E-state index in [0.29, 0.717) is 11.4 Å². The van der Waals surface area contributed by atoms with Gasteiger partial charge in [-0.2, -0.15) is 10.2 Å². The minimum Gasteiger partial charge on any atom is -0.506 e. The van der Waals surface area contributed by atoms with Gasteiger partial charge < -0.3 is 20.8 Å². The van der Waals surface area contributed by atoms with Gasteiger partial charge in [-0.05, 0) is 52.0 Å². The zero-order valence-corrected chi connectivity index (χ0v) is 18.9. The van der Waals surface area contributed by atoms with Crippen LogP contribution in [0, 0.1) is 10.8 Å². The van der Waals surface area contributed by atoms with Crippen LogP contribution in [-0.2, 0) is 0 Å². The number of halogens is 2. The van der Waals surface area contributed by atoms with Crippen LogP contribution in [-0.4, -0.2) is 33.0 Å². The van der Waals surface area contributed by atoms with Crippen LogP contribution in [0.5, 0.6) is 11.5 Å². The Morgan fingerprint density at radius 1 is 0.700 bits per heavy atom. The maximum Gasteiger partial charge on any atom is 0.139 e. The van der Waals surface area contributed by atoms with Crippen molar-refractivity contribution in [3.63, 3.8) is 0 Å². The molecule has 8 nitrogen and oxygen atoms in total. The normalized spacial score (nSPS) is 11.2. The standard InChI is InChI=1S/C20H26N6O2.2ClH/c1-19(2,17(21)23-13-9-5-7-11-15(13)27)25-26-20(3,4)18(22)24-14-10-6-8-12-16(14)28;;/h5-12,27-28H,1-4H3,(H2,21,23)(H2,22,24);2*1H/b26-25+;;. The van der Waals surface area contributed by atoms with E-state index in [4.69, 9.17) is 10.8 Å². The van der Waals surface area contributed by atoms with E-state index in [0.717, 1.165) is 0 Å². The summed E-state index contributed by atoms with van der Waals surface area (Å²) < 4.78 is 0. The van der Waals surface area contributed by atoms with Gasteiger partial charge in [0.25, 0.3) is 0 Å². The Kier molecular flexibility index (Phi) is 9.78. The topological polar surface area (TPSA) is 137 Å². The highest BCUT2D eigenvalue weighted by atomic mass is 35.5. The minimum atomic E-state index is -1.01. The number of aromatic hydroxyl groups is 2. The van der Waals surface area contributed by atoms with Gasteiger partial charge in [-0.3, -0.25) is 10.8 Å². The van der Waals surface area contributed by atoms with Crippen LogP contribution in [0.2, 0.25) is 0 Å². The third kappa shape index (κ3) is 6.89. The van der Waals surface area contributed by atoms with E-state index < -0.39 is 11.1 Å². The first-order valence-electron chi connectivity index (χ1n) is 8.75. The molecule has 2 aromatic carbocycles. The second kappa shape index (κ2) is 10.8. The number of nitrogens with zero attached hydrogens (tertiary/aromatic N) is 2. The molecule has 0 amide bonds. The smallest absolute Gasteiger partial charge is 0.139 e. The molecule has 0 aromatic heterocycles. The van der Waals surface area contributed by atoms with Gasteiger partial charge in [0.2, 0.25) is 0 Å². The van der Waals surface area contributed by atoms with Gasteiger partial charge in [-0.15, -0.1) is 24.8 Å². The molecule has 30 heavy (non-hydrogen) atoms. The summed E-state index contributed by atoms with van der Waals surface area (Å²) in [6.07, 6.45) is 0. The number of azo groups is 1. The highest BCUT2D eigenvalue weighted by Gasteiger charge is 2.29. The van der Waals surface area contributed by atoms with Crippen molar-refractivity contribution < 1.29 is 10.2 Å². The number of hydrogen-bond donors (Lipinski definition) is 6. The zero-order chi connectivity index (χ0) is 20.9. The summed E-state index contributed by atoms with van der Waals surface area (Å²) in [4.78, 5) is 0. The van der Waals surface area contributed by atoms with Crippen molar-refractivity contribution in [3.05, 3.63) is 48.5 Å². The quantitative estimate of drug-likeness (QED) is 0.150. The molecular formula is C20H28Cl2N6O2. The lowest BCUT2D eigenvalue weighted by Crippen LogP contribution is -2.38. The summed E-state index contributed by atoms with van der Waals surface area (Å²) in [6, 6.07) is 13.3. The van der Waals surface area contributed by atoms with Crippen molar-refractivity contribution in [1.29, 1.82) is 10.8 Å². The van der Waals surface area contributed by atoms with Gasteiger partial charge in [-0.25, -0.2) is 0 Å². The maximum absolute atomic E-state index is 9.85. The average molecular weight is 455 g/mol. The average Bonchev–Trinajstić information content (AvgIpc) is 2.64. The van der Waals surface area contributed by atoms with Gasteiger partial charge in [0.05, 0.1) is 11.4 Å². The van der Waals surface area contributed by atoms with E-state index in [9.17, 15) is 10.2 Å². The van der Waals surface area contributed by atoms with Gasteiger partial charge in [0.15, 0.2) is 0 Å². The highest BCUT2D eigenvalue weighted by molar-refractivity contribution is 6.01. The van der Waals surface area contributed by atoms with E-state index in [1.165, 1.54) is 12.1 Å². The molecule has 0 saturated heterocycles. The lowest BCUT2D eigenvalue weighted by Gasteiger charge is -2.25. The Hall–Kier alpha value is -2.84. The molecule has 0 bridgehead atoms. The Morgan fingerprint density at radius 3 is 1.30 bits per heavy atom. The molecule has 0 aliphatic heterocycles. The first-order valence-corrected chi connectivity index (χ1v) is 8.75. The van der Waals surface area contributed by atoms with Gasteiger partial charge in [0.1, 0.15) is 34.2 Å². The van der Waals surface area contributed by atoms with Crippen LogP contribution in [0.4, 0.5) is 11.4 Å². The molecule has 164 valence electrons. The molecule has 2 aromatic rings. The van der Waals surface area contributed by atoms with Crippen molar-refractivity contribution in [2.24, 2.45) is 10.2 Å². The molecule has 0 aliphatic rings. The molecule has 10 heteroatoms. The van der Waals surface area contributed by atoms with Crippen LogP contribution >= 0.6 is 24.8 Å².